The summed E-state index contributed by atoms with van der Waals surface area (Å²) in [6.45, 7) is 0. The summed E-state index contributed by atoms with van der Waals surface area (Å²) in [5.74, 6) is 1.34. The summed E-state index contributed by atoms with van der Waals surface area (Å²) in [4.78, 5) is 8.26. The molecule has 0 spiro atoms. The monoisotopic (exact) mass is 427 g/mol. The Morgan fingerprint density at radius 1 is 1.23 bits per heavy atom. The van der Waals surface area contributed by atoms with Gasteiger partial charge in [-0.25, -0.2) is 18.4 Å². The van der Waals surface area contributed by atoms with E-state index in [-0.39, 0.29) is 11.3 Å². The first-order valence-corrected chi connectivity index (χ1v) is 12.0. The molecule has 1 atom stereocenters. The van der Waals surface area contributed by atoms with Crippen LogP contribution in [-0.2, 0) is 28.1 Å². The van der Waals surface area contributed by atoms with Crippen LogP contribution in [0.15, 0.2) is 29.6 Å². The highest BCUT2D eigenvalue weighted by Crippen LogP contribution is 2.41. The third-order valence-corrected chi connectivity index (χ3v) is 6.93. The topological polar surface area (TPSA) is 102 Å². The minimum atomic E-state index is -3.47. The van der Waals surface area contributed by atoms with Gasteiger partial charge in [-0.1, -0.05) is 6.07 Å². The number of hydrogen-bond donors (Lipinski definition) is 0. The van der Waals surface area contributed by atoms with Gasteiger partial charge in [-0.15, -0.1) is 0 Å². The first-order chi connectivity index (χ1) is 14.3. The predicted octanol–water partition coefficient (Wildman–Crippen LogP) is 3.16. The molecule has 1 saturated carbocycles. The van der Waals surface area contributed by atoms with E-state index >= 15 is 0 Å². The summed E-state index contributed by atoms with van der Waals surface area (Å²) in [6, 6.07) is 8.21. The molecule has 0 radical (unpaired) electrons. The summed E-state index contributed by atoms with van der Waals surface area (Å²) in [7, 11) is -1.85. The second-order valence-electron chi connectivity index (χ2n) is 8.16. The molecule has 1 aromatic carbocycles. The zero-order valence-corrected chi connectivity index (χ0v) is 18.0. The van der Waals surface area contributed by atoms with Gasteiger partial charge in [0.15, 0.2) is 11.5 Å². The van der Waals surface area contributed by atoms with Crippen LogP contribution in [0.25, 0.3) is 0 Å². The number of aryl methyl sites for hydroxylation is 1. The molecular formula is C22H25N3O4S. The van der Waals surface area contributed by atoms with E-state index in [1.165, 1.54) is 12.8 Å². The molecule has 1 heterocycles. The van der Waals surface area contributed by atoms with Crippen molar-refractivity contribution in [3.05, 3.63) is 41.2 Å². The van der Waals surface area contributed by atoms with Gasteiger partial charge in [0.05, 0.1) is 24.7 Å². The zero-order chi connectivity index (χ0) is 21.4. The summed E-state index contributed by atoms with van der Waals surface area (Å²) in [6.07, 6.45) is 8.71. The lowest BCUT2D eigenvalue weighted by Gasteiger charge is -2.32. The van der Waals surface area contributed by atoms with E-state index in [2.05, 4.69) is 16.0 Å². The Hall–Kier alpha value is -2.66. The highest BCUT2D eigenvalue weighted by atomic mass is 32.2. The molecule has 0 bridgehead atoms. The smallest absolute Gasteiger partial charge is 0.246 e. The Morgan fingerprint density at radius 2 is 2.00 bits per heavy atom. The number of sulfone groups is 1. The quantitative estimate of drug-likeness (QED) is 0.675. The minimum Gasteiger partial charge on any atom is -0.493 e. The van der Waals surface area contributed by atoms with E-state index in [0.717, 1.165) is 30.2 Å². The zero-order valence-electron chi connectivity index (χ0n) is 17.2. The second-order valence-corrected chi connectivity index (χ2v) is 10.1. The molecule has 30 heavy (non-hydrogen) atoms. The largest absolute Gasteiger partial charge is 0.493 e. The lowest BCUT2D eigenvalue weighted by molar-refractivity contribution is 0.200. The summed E-state index contributed by atoms with van der Waals surface area (Å²) in [5.41, 5.74) is 1.64. The number of hydrogen-bond acceptors (Lipinski definition) is 7. The number of methoxy groups -OCH3 is 1. The van der Waals surface area contributed by atoms with Crippen molar-refractivity contribution in [1.29, 1.82) is 5.26 Å². The Kier molecular flexibility index (Phi) is 5.41. The average Bonchev–Trinajstić information content (AvgIpc) is 3.25. The SMILES string of the molecule is COc1ccc(C2(C#N)CCc3nc(S(C)(=O)=O)ncc3C2)cc1OC1CCCC1. The van der Waals surface area contributed by atoms with Crippen molar-refractivity contribution in [2.75, 3.05) is 13.4 Å². The molecule has 4 rings (SSSR count). The number of nitriles is 1. The van der Waals surface area contributed by atoms with E-state index in [9.17, 15) is 13.7 Å². The minimum absolute atomic E-state index is 0.164. The Morgan fingerprint density at radius 3 is 2.67 bits per heavy atom. The fourth-order valence-corrected chi connectivity index (χ4v) is 4.89. The van der Waals surface area contributed by atoms with Crippen LogP contribution in [0.5, 0.6) is 11.5 Å². The standard InChI is InChI=1S/C22H25N3O4S/c1-28-19-8-7-16(11-20(19)29-17-5-3-4-6-17)22(14-23)10-9-18-15(12-22)13-24-21(25-18)30(2,26)27/h7-8,11,13,17H,3-6,9-10,12H2,1-2H3. The number of nitrogens with zero attached hydrogens (tertiary/aromatic N) is 3. The molecule has 1 aromatic heterocycles. The van der Waals surface area contributed by atoms with Gasteiger partial charge < -0.3 is 9.47 Å². The Balaban J connectivity index is 1.68. The molecular weight excluding hydrogens is 402 g/mol. The molecule has 8 heteroatoms. The third kappa shape index (κ3) is 3.86. The van der Waals surface area contributed by atoms with Crippen molar-refractivity contribution in [3.8, 4) is 17.6 Å². The molecule has 0 aliphatic heterocycles. The maximum atomic E-state index is 11.8. The third-order valence-electron chi connectivity index (χ3n) is 6.07. The van der Waals surface area contributed by atoms with E-state index in [1.807, 2.05) is 18.2 Å². The lowest BCUT2D eigenvalue weighted by atomic mass is 9.69. The molecule has 0 amide bonds. The highest BCUT2D eigenvalue weighted by Gasteiger charge is 2.38. The van der Waals surface area contributed by atoms with Crippen LogP contribution in [0.1, 0.15) is 48.9 Å². The van der Waals surface area contributed by atoms with Crippen molar-refractivity contribution in [2.45, 2.75) is 61.6 Å². The van der Waals surface area contributed by atoms with Gasteiger partial charge in [-0.05, 0) is 68.2 Å². The van der Waals surface area contributed by atoms with Gasteiger partial charge in [0.1, 0.15) is 0 Å². The van der Waals surface area contributed by atoms with Crippen LogP contribution in [0.3, 0.4) is 0 Å². The maximum Gasteiger partial charge on any atom is 0.246 e. The molecule has 1 fully saturated rings. The van der Waals surface area contributed by atoms with Crippen LogP contribution in [-0.4, -0.2) is 37.9 Å². The fourth-order valence-electron chi connectivity index (χ4n) is 4.37. The first-order valence-electron chi connectivity index (χ1n) is 10.2. The Labute approximate surface area is 177 Å². The second kappa shape index (κ2) is 7.88. The van der Waals surface area contributed by atoms with Crippen molar-refractivity contribution in [2.24, 2.45) is 0 Å². The molecule has 158 valence electrons. The van der Waals surface area contributed by atoms with E-state index in [0.29, 0.717) is 36.5 Å². The molecule has 7 nitrogen and oxygen atoms in total. The van der Waals surface area contributed by atoms with Crippen LogP contribution in [0.4, 0.5) is 0 Å². The molecule has 2 aliphatic carbocycles. The maximum absolute atomic E-state index is 11.8. The van der Waals surface area contributed by atoms with Crippen molar-refractivity contribution < 1.29 is 17.9 Å². The fraction of sp³-hybridized carbons (Fsp3) is 0.500. The number of aromatic nitrogens is 2. The van der Waals surface area contributed by atoms with Crippen molar-refractivity contribution >= 4 is 9.84 Å². The summed E-state index contributed by atoms with van der Waals surface area (Å²) < 4.78 is 35.2. The Bertz CT molecular complexity index is 1100. The molecule has 0 saturated heterocycles. The van der Waals surface area contributed by atoms with Crippen molar-refractivity contribution in [3.63, 3.8) is 0 Å². The van der Waals surface area contributed by atoms with Gasteiger partial charge in [0.2, 0.25) is 15.0 Å². The predicted molar refractivity (Wildman–Crippen MR) is 110 cm³/mol. The van der Waals surface area contributed by atoms with E-state index in [4.69, 9.17) is 9.47 Å². The molecule has 0 N–H and O–H groups in total. The molecule has 2 aliphatic rings. The lowest BCUT2D eigenvalue weighted by Crippen LogP contribution is -2.33. The average molecular weight is 428 g/mol. The van der Waals surface area contributed by atoms with Gasteiger partial charge in [-0.2, -0.15) is 5.26 Å². The van der Waals surface area contributed by atoms with Gasteiger partial charge in [0.25, 0.3) is 0 Å². The van der Waals surface area contributed by atoms with Gasteiger partial charge in [-0.3, -0.25) is 0 Å². The summed E-state index contributed by atoms with van der Waals surface area (Å²) in [5, 5.41) is 9.98. The normalized spacial score (nSPS) is 21.6. The molecule has 1 unspecified atom stereocenters. The van der Waals surface area contributed by atoms with Gasteiger partial charge >= 0.3 is 0 Å². The molecule has 2 aromatic rings. The number of benzene rings is 1. The number of rotatable bonds is 5. The first kappa shape index (κ1) is 20.6. The van der Waals surface area contributed by atoms with Crippen LogP contribution >= 0.6 is 0 Å². The van der Waals surface area contributed by atoms with E-state index < -0.39 is 15.3 Å². The number of ether oxygens (including phenoxy) is 2. The van der Waals surface area contributed by atoms with Crippen LogP contribution < -0.4 is 9.47 Å². The van der Waals surface area contributed by atoms with Gasteiger partial charge in [0, 0.05) is 18.1 Å². The van der Waals surface area contributed by atoms with E-state index in [1.54, 1.807) is 13.3 Å². The van der Waals surface area contributed by atoms with Crippen LogP contribution in [0.2, 0.25) is 0 Å². The summed E-state index contributed by atoms with van der Waals surface area (Å²) >= 11 is 0. The van der Waals surface area contributed by atoms with Crippen molar-refractivity contribution in [1.82, 2.24) is 9.97 Å². The number of fused-ring (bicyclic) bond motifs is 1. The highest BCUT2D eigenvalue weighted by molar-refractivity contribution is 7.90. The van der Waals surface area contributed by atoms with Crippen LogP contribution in [0, 0.1) is 11.3 Å².